The summed E-state index contributed by atoms with van der Waals surface area (Å²) in [6.45, 7) is 3.38. The minimum atomic E-state index is -0.665. The van der Waals surface area contributed by atoms with Crippen molar-refractivity contribution in [3.05, 3.63) is 70.0 Å². The lowest BCUT2D eigenvalue weighted by Gasteiger charge is -2.18. The maximum absolute atomic E-state index is 14.9. The summed E-state index contributed by atoms with van der Waals surface area (Å²) in [5.41, 5.74) is 2.65. The van der Waals surface area contributed by atoms with Crippen LogP contribution in [0, 0.1) is 30.5 Å². The number of benzene rings is 1. The minimum Gasteiger partial charge on any atom is -0.479 e. The number of ether oxygens (including phenoxy) is 1. The number of nitrogens with zero attached hydrogens (tertiary/aromatic N) is 8. The van der Waals surface area contributed by atoms with Gasteiger partial charge in [0, 0.05) is 36.6 Å². The van der Waals surface area contributed by atoms with E-state index in [2.05, 4.69) is 43.0 Å². The second-order valence-electron chi connectivity index (χ2n) is 9.92. The van der Waals surface area contributed by atoms with Gasteiger partial charge in [-0.3, -0.25) is 9.48 Å². The Hall–Kier alpha value is -4.06. The zero-order valence-corrected chi connectivity index (χ0v) is 21.3. The van der Waals surface area contributed by atoms with E-state index in [4.69, 9.17) is 21.3 Å². The van der Waals surface area contributed by atoms with Crippen molar-refractivity contribution < 1.29 is 13.9 Å². The van der Waals surface area contributed by atoms with Crippen LogP contribution in [0.2, 0.25) is 5.02 Å². The Balaban J connectivity index is 1.08. The lowest BCUT2D eigenvalue weighted by molar-refractivity contribution is 0.0947. The molecule has 38 heavy (non-hydrogen) atoms. The normalized spacial score (nSPS) is 22.4. The lowest BCUT2D eigenvalue weighted by atomic mass is 10.1. The SMILES string of the molecule is COc1nn(Cc2ccc(N3CC4C5C4C53)nc2C)cc1C(=O)NCc1c(-n2cnnn2)ccc(Cl)c1F. The molecule has 1 amide bonds. The summed E-state index contributed by atoms with van der Waals surface area (Å²) < 4.78 is 23.2. The molecule has 3 aromatic heterocycles. The number of fused-ring (bicyclic) bond motifs is 1. The van der Waals surface area contributed by atoms with Gasteiger partial charge in [0.15, 0.2) is 0 Å². The van der Waals surface area contributed by atoms with E-state index in [0.29, 0.717) is 18.3 Å². The van der Waals surface area contributed by atoms with E-state index in [1.807, 2.05) is 6.92 Å². The second-order valence-corrected chi connectivity index (χ2v) is 10.3. The summed E-state index contributed by atoms with van der Waals surface area (Å²) in [6, 6.07) is 7.83. The zero-order valence-electron chi connectivity index (χ0n) is 20.5. The number of carbonyl (C=O) groups is 1. The third kappa shape index (κ3) is 3.62. The Kier molecular flexibility index (Phi) is 5.15. The van der Waals surface area contributed by atoms with Gasteiger partial charge in [0.25, 0.3) is 5.91 Å². The molecule has 2 aliphatic carbocycles. The molecule has 2 unspecified atom stereocenters. The highest BCUT2D eigenvalue weighted by molar-refractivity contribution is 6.30. The highest BCUT2D eigenvalue weighted by Gasteiger charge is 2.80. The largest absolute Gasteiger partial charge is 0.479 e. The van der Waals surface area contributed by atoms with Crippen molar-refractivity contribution in [1.82, 2.24) is 40.3 Å². The average Bonchev–Trinajstić information content (AvgIpc) is 3.41. The number of amides is 1. The van der Waals surface area contributed by atoms with Crippen LogP contribution in [0.25, 0.3) is 5.69 Å². The molecule has 8 rings (SSSR count). The van der Waals surface area contributed by atoms with Gasteiger partial charge in [-0.1, -0.05) is 17.7 Å². The van der Waals surface area contributed by atoms with Crippen molar-refractivity contribution in [3.63, 3.8) is 0 Å². The molecule has 2 atom stereocenters. The number of hydrogen-bond donors (Lipinski definition) is 1. The number of anilines is 1. The molecule has 1 aromatic carbocycles. The van der Waals surface area contributed by atoms with E-state index >= 15 is 0 Å². The summed E-state index contributed by atoms with van der Waals surface area (Å²) in [7, 11) is 1.45. The van der Waals surface area contributed by atoms with Crippen LogP contribution in [0.3, 0.4) is 0 Å². The molecule has 194 valence electrons. The molecule has 0 radical (unpaired) electrons. The van der Waals surface area contributed by atoms with Crippen molar-refractivity contribution in [3.8, 4) is 11.6 Å². The topological polar surface area (TPSA) is 116 Å². The average molecular weight is 536 g/mol. The first kappa shape index (κ1) is 23.1. The van der Waals surface area contributed by atoms with Crippen LogP contribution in [0.15, 0.2) is 36.8 Å². The number of pyridine rings is 1. The number of carbonyl (C=O) groups excluding carboxylic acids is 1. The van der Waals surface area contributed by atoms with E-state index < -0.39 is 11.7 Å². The fourth-order valence-corrected chi connectivity index (χ4v) is 5.93. The maximum Gasteiger partial charge on any atom is 0.258 e. The monoisotopic (exact) mass is 535 g/mol. The van der Waals surface area contributed by atoms with Crippen LogP contribution in [0.4, 0.5) is 10.2 Å². The van der Waals surface area contributed by atoms with Crippen LogP contribution in [-0.4, -0.2) is 60.6 Å². The van der Waals surface area contributed by atoms with E-state index in [9.17, 15) is 9.18 Å². The summed E-state index contributed by atoms with van der Waals surface area (Å²) in [4.78, 5) is 20.4. The van der Waals surface area contributed by atoms with Crippen LogP contribution in [0.1, 0.15) is 27.2 Å². The first-order valence-corrected chi connectivity index (χ1v) is 12.7. The molecule has 2 aliphatic heterocycles. The van der Waals surface area contributed by atoms with Crippen molar-refractivity contribution in [2.24, 2.45) is 17.8 Å². The van der Waals surface area contributed by atoms with E-state index in [1.54, 1.807) is 16.9 Å². The molecule has 2 saturated heterocycles. The van der Waals surface area contributed by atoms with Gasteiger partial charge in [-0.25, -0.2) is 14.1 Å². The van der Waals surface area contributed by atoms with Crippen molar-refractivity contribution in [1.29, 1.82) is 0 Å². The summed E-state index contributed by atoms with van der Waals surface area (Å²) in [6.07, 6.45) is 2.94. The summed E-state index contributed by atoms with van der Waals surface area (Å²) >= 11 is 5.99. The molecule has 4 aliphatic rings. The number of tetrazole rings is 1. The Morgan fingerprint density at radius 3 is 2.79 bits per heavy atom. The molecule has 1 N–H and O–H groups in total. The molecule has 0 spiro atoms. The second kappa shape index (κ2) is 8.48. The molecule has 4 fully saturated rings. The van der Waals surface area contributed by atoms with Gasteiger partial charge in [0.1, 0.15) is 23.5 Å². The fourth-order valence-electron chi connectivity index (χ4n) is 5.76. The number of methoxy groups -OCH3 is 1. The molecule has 2 saturated carbocycles. The number of aryl methyl sites for hydroxylation is 1. The number of halogens is 2. The number of nitrogens with one attached hydrogen (secondary N) is 1. The first-order valence-electron chi connectivity index (χ1n) is 12.3. The summed E-state index contributed by atoms with van der Waals surface area (Å²) in [5.74, 6) is 2.79. The lowest BCUT2D eigenvalue weighted by Crippen LogP contribution is -2.24. The quantitative estimate of drug-likeness (QED) is 0.366. The van der Waals surface area contributed by atoms with Crippen LogP contribution < -0.4 is 15.0 Å². The van der Waals surface area contributed by atoms with Gasteiger partial charge in [0.05, 0.1) is 24.4 Å². The van der Waals surface area contributed by atoms with Gasteiger partial charge in [-0.2, -0.15) is 0 Å². The maximum atomic E-state index is 14.9. The fraction of sp³-hybridized carbons (Fsp3) is 0.360. The zero-order chi connectivity index (χ0) is 26.1. The standard InChI is InChI=1S/C25H23ClFN9O2/c1-12-13(3-6-19(30-12)35-10-15-20-21(15)23(20)35)8-34-9-16(25(31-34)38-2)24(37)28-7-14-18(36-11-29-32-33-36)5-4-17(26)22(14)27/h3-6,9,11,15,20-21,23H,7-8,10H2,1-2H3,(H,28,37). The predicted molar refractivity (Wildman–Crippen MR) is 134 cm³/mol. The Morgan fingerprint density at radius 1 is 1.26 bits per heavy atom. The van der Waals surface area contributed by atoms with Crippen molar-refractivity contribution in [2.45, 2.75) is 26.1 Å². The number of hydrogen-bond acceptors (Lipinski definition) is 8. The predicted octanol–water partition coefficient (Wildman–Crippen LogP) is 2.41. The first-order chi connectivity index (χ1) is 18.4. The van der Waals surface area contributed by atoms with E-state index in [1.165, 1.54) is 24.2 Å². The van der Waals surface area contributed by atoms with Crippen LogP contribution in [-0.2, 0) is 13.1 Å². The van der Waals surface area contributed by atoms with Gasteiger partial charge < -0.3 is 15.0 Å². The molecule has 2 bridgehead atoms. The molecular weight excluding hydrogens is 513 g/mol. The van der Waals surface area contributed by atoms with Gasteiger partial charge in [-0.05, 0) is 58.9 Å². The Bertz CT molecular complexity index is 1560. The highest BCUT2D eigenvalue weighted by atomic mass is 35.5. The molecule has 4 aromatic rings. The third-order valence-electron chi connectivity index (χ3n) is 7.87. The molecule has 5 heterocycles. The molecule has 11 nitrogen and oxygen atoms in total. The van der Waals surface area contributed by atoms with E-state index in [-0.39, 0.29) is 28.6 Å². The molecule has 13 heteroatoms. The van der Waals surface area contributed by atoms with Gasteiger partial charge in [0.2, 0.25) is 5.88 Å². The molecular formula is C25H23ClFN9O2. The third-order valence-corrected chi connectivity index (χ3v) is 8.17. The van der Waals surface area contributed by atoms with Crippen molar-refractivity contribution in [2.75, 3.05) is 18.6 Å². The van der Waals surface area contributed by atoms with Gasteiger partial charge >= 0.3 is 0 Å². The number of piperidine rings is 1. The Morgan fingerprint density at radius 2 is 2.11 bits per heavy atom. The highest BCUT2D eigenvalue weighted by Crippen LogP contribution is 2.75. The van der Waals surface area contributed by atoms with Gasteiger partial charge in [-0.15, -0.1) is 10.2 Å². The van der Waals surface area contributed by atoms with Crippen LogP contribution >= 0.6 is 11.6 Å². The van der Waals surface area contributed by atoms with Crippen LogP contribution in [0.5, 0.6) is 5.88 Å². The van der Waals surface area contributed by atoms with Crippen molar-refractivity contribution >= 4 is 23.3 Å². The number of rotatable bonds is 8. The minimum absolute atomic E-state index is 0.0746. The van der Waals surface area contributed by atoms with E-state index in [0.717, 1.165) is 41.4 Å². The Labute approximate surface area is 221 Å². The number of aromatic nitrogens is 7. The smallest absolute Gasteiger partial charge is 0.258 e. The summed E-state index contributed by atoms with van der Waals surface area (Å²) in [5, 5.41) is 18.1.